The topological polar surface area (TPSA) is 329 Å². The fourth-order valence-electron chi connectivity index (χ4n) is 12.6. The number of ether oxygens (including phenoxy) is 4. The van der Waals surface area contributed by atoms with E-state index in [9.17, 15) is 57.8 Å². The number of allylic oxidation sites excluding steroid dienone is 1. The zero-order chi connectivity index (χ0) is 71.9. The Morgan fingerprint density at radius 1 is 0.719 bits per heavy atom. The van der Waals surface area contributed by atoms with E-state index < -0.39 is 90.3 Å². The second-order valence-electron chi connectivity index (χ2n) is 26.6. The lowest BCUT2D eigenvalue weighted by atomic mass is 9.83. The van der Waals surface area contributed by atoms with Gasteiger partial charge in [-0.05, 0) is 98.5 Å². The number of carbonyl (C=O) groups excluding carboxylic acids is 11. The molecule has 0 aromatic heterocycles. The number of rotatable bonds is 43. The number of aliphatic hydroxyl groups excluding tert-OH is 1. The van der Waals surface area contributed by atoms with Gasteiger partial charge in [0.2, 0.25) is 29.5 Å². The van der Waals surface area contributed by atoms with Gasteiger partial charge in [-0.25, -0.2) is 14.4 Å². The fourth-order valence-corrected chi connectivity index (χ4v) is 12.6. The molecule has 96 heavy (non-hydrogen) atoms. The summed E-state index contributed by atoms with van der Waals surface area (Å²) in [6.07, 6.45) is 3.99. The highest BCUT2D eigenvalue weighted by Gasteiger charge is 2.44. The highest BCUT2D eigenvalue weighted by Crippen LogP contribution is 2.32. The Bertz CT molecular complexity index is 2870. The van der Waals surface area contributed by atoms with E-state index in [1.807, 2.05) is 59.7 Å². The van der Waals surface area contributed by atoms with Gasteiger partial charge in [-0.3, -0.25) is 38.4 Å². The summed E-state index contributed by atoms with van der Waals surface area (Å²) in [4.78, 5) is 151. The highest BCUT2D eigenvalue weighted by molar-refractivity contribution is 5.98. The first-order valence-corrected chi connectivity index (χ1v) is 34.0. The van der Waals surface area contributed by atoms with E-state index in [-0.39, 0.29) is 116 Å². The summed E-state index contributed by atoms with van der Waals surface area (Å²) in [6.45, 7) is 18.8. The van der Waals surface area contributed by atoms with Crippen molar-refractivity contribution >= 4 is 70.7 Å². The smallest absolute Gasteiger partial charge is 0.410 e. The fraction of sp³-hybridized carbons (Fsp3) is 0.653. The van der Waals surface area contributed by atoms with Crippen LogP contribution in [0.5, 0.6) is 0 Å². The molecule has 12 atom stereocenters. The Labute approximate surface area is 569 Å². The lowest BCUT2D eigenvalue weighted by Crippen LogP contribution is -2.55. The predicted molar refractivity (Wildman–Crippen MR) is 365 cm³/mol. The van der Waals surface area contributed by atoms with Gasteiger partial charge in [-0.2, -0.15) is 0 Å². The lowest BCUT2D eigenvalue weighted by molar-refractivity contribution is -0.149. The van der Waals surface area contributed by atoms with Gasteiger partial charge in [0.15, 0.2) is 17.3 Å². The number of nitrogens with zero attached hydrogens (tertiary/aromatic N) is 3. The molecule has 1 aliphatic heterocycles. The molecule has 1 heterocycles. The number of anilines is 1. The minimum atomic E-state index is -0.971. The van der Waals surface area contributed by atoms with Gasteiger partial charge in [0.25, 0.3) is 0 Å². The van der Waals surface area contributed by atoms with Crippen molar-refractivity contribution < 1.29 is 76.8 Å². The molecule has 0 unspecified atom stereocenters. The monoisotopic (exact) mass is 1340 g/mol. The van der Waals surface area contributed by atoms with Crippen molar-refractivity contribution in [1.29, 1.82) is 0 Å². The molecule has 0 spiro atoms. The van der Waals surface area contributed by atoms with Gasteiger partial charge in [0, 0.05) is 90.7 Å². The maximum absolute atomic E-state index is 14.9. The Kier molecular flexibility index (Phi) is 36.3. The zero-order valence-electron chi connectivity index (χ0n) is 59.5. The summed E-state index contributed by atoms with van der Waals surface area (Å²) in [5.41, 5.74) is 6.88. The molecule has 1 fully saturated rings. The number of likely N-dealkylation sites (N-methyl/N-ethyl adjacent to an activating group) is 2. The van der Waals surface area contributed by atoms with Crippen molar-refractivity contribution in [2.45, 2.75) is 214 Å². The van der Waals surface area contributed by atoms with Crippen molar-refractivity contribution in [3.8, 4) is 0 Å². The highest BCUT2D eigenvalue weighted by atomic mass is 16.6. The van der Waals surface area contributed by atoms with Gasteiger partial charge in [-0.15, -0.1) is 0 Å². The average Bonchev–Trinajstić information content (AvgIpc) is 1.34. The molecule has 3 rings (SSSR count). The molecule has 0 aliphatic carbocycles. The molecular formula is C72H112N8O16. The molecule has 1 aliphatic rings. The quantitative estimate of drug-likeness (QED) is 0.0206. The summed E-state index contributed by atoms with van der Waals surface area (Å²) in [6, 6.07) is 11.4. The van der Waals surface area contributed by atoms with E-state index in [0.717, 1.165) is 6.08 Å². The second kappa shape index (κ2) is 42.2. The first-order valence-electron chi connectivity index (χ1n) is 34.0. The van der Waals surface area contributed by atoms with Crippen LogP contribution in [0.15, 0.2) is 66.7 Å². The minimum Gasteiger partial charge on any atom is -0.466 e. The maximum atomic E-state index is 14.9. The number of likely N-dealkylation sites (tertiary alicyclic amines) is 1. The minimum absolute atomic E-state index is 0.0703. The van der Waals surface area contributed by atoms with Crippen LogP contribution in [0, 0.1) is 41.4 Å². The standard InChI is InChI=1S/C72H112N8O16/c1-16-47(8)65(59(93-13)42-61(85)80-39-25-30-56(80)67(95-15)48(9)68(88)75-49(10)66(87)51-26-20-19-21-27-51)78(11)70(90)55(44(2)3)41-58(83)64(46(6)7)79(12)72(92)96-43-50-32-34-53(35-33-50)76-69(89)52(28-24-38-74-71(73)91)40-57(82)63(45(4)5)77-60(84)31-23-18-17-22-29-54(81)36-37-62(86)94-14/h19-21,26-27,32-37,44-49,52,55-56,59,63-67,87H,16-18,22-25,28-31,38-43H2,1-15H3,(H,75,88)(H,76,89)(H,77,84)(H3,73,74,91)/b37-36-/t47-,48+,49+,52+,55-,56-,59+,63-,64-,65-,66+,67+/m0/s1. The van der Waals surface area contributed by atoms with Crippen LogP contribution in [0.4, 0.5) is 15.3 Å². The van der Waals surface area contributed by atoms with Crippen molar-refractivity contribution in [2.75, 3.05) is 53.8 Å². The number of hydrogen-bond donors (Lipinski definition) is 6. The third kappa shape index (κ3) is 26.4. The molecule has 0 saturated carbocycles. The molecule has 0 bridgehead atoms. The summed E-state index contributed by atoms with van der Waals surface area (Å²) < 4.78 is 22.3. The van der Waals surface area contributed by atoms with Crippen molar-refractivity contribution in [3.63, 3.8) is 0 Å². The van der Waals surface area contributed by atoms with Gasteiger partial charge in [-0.1, -0.05) is 124 Å². The summed E-state index contributed by atoms with van der Waals surface area (Å²) in [5, 5.41) is 22.1. The third-order valence-electron chi connectivity index (χ3n) is 18.4. The van der Waals surface area contributed by atoms with E-state index in [0.29, 0.717) is 74.7 Å². The van der Waals surface area contributed by atoms with Gasteiger partial charge < -0.3 is 65.8 Å². The third-order valence-corrected chi connectivity index (χ3v) is 18.4. The number of amides is 8. The van der Waals surface area contributed by atoms with Crippen LogP contribution in [0.1, 0.15) is 176 Å². The number of nitrogens with two attached hydrogens (primary N) is 1. The molecule has 2 aromatic rings. The summed E-state index contributed by atoms with van der Waals surface area (Å²) in [7, 11) is 7.42. The molecule has 2 aromatic carbocycles. The molecule has 24 heteroatoms. The van der Waals surface area contributed by atoms with Crippen molar-refractivity contribution in [1.82, 2.24) is 30.7 Å². The van der Waals surface area contributed by atoms with Crippen LogP contribution < -0.4 is 27.0 Å². The van der Waals surface area contributed by atoms with Gasteiger partial charge in [0.1, 0.15) is 6.61 Å². The van der Waals surface area contributed by atoms with Crippen molar-refractivity contribution in [2.24, 2.45) is 47.2 Å². The number of benzene rings is 2. The number of primary amides is 1. The number of nitrogens with one attached hydrogen (secondary N) is 4. The Balaban J connectivity index is 1.67. The maximum Gasteiger partial charge on any atom is 0.410 e. The largest absolute Gasteiger partial charge is 0.466 e. The van der Waals surface area contributed by atoms with E-state index in [1.165, 1.54) is 39.4 Å². The van der Waals surface area contributed by atoms with E-state index >= 15 is 0 Å². The molecule has 7 N–H and O–H groups in total. The molecule has 536 valence electrons. The Morgan fingerprint density at radius 2 is 1.36 bits per heavy atom. The first-order chi connectivity index (χ1) is 45.4. The van der Waals surface area contributed by atoms with Crippen LogP contribution >= 0.6 is 0 Å². The molecule has 0 radical (unpaired) electrons. The number of urea groups is 1. The van der Waals surface area contributed by atoms with E-state index in [2.05, 4.69) is 26.0 Å². The van der Waals surface area contributed by atoms with Crippen LogP contribution in [0.25, 0.3) is 0 Å². The number of ketones is 3. The summed E-state index contributed by atoms with van der Waals surface area (Å²) >= 11 is 0. The SMILES string of the molecule is CC[C@H](C)[C@@H]([C@@H](CC(=O)N1CCC[C@H]1[C@H](OC)[C@@H](C)C(=O)N[C@H](C)[C@@H](O)c1ccccc1)OC)N(C)C(=O)[C@@H](CC(=O)[C@H](C(C)C)N(C)C(=O)OCc1ccc(NC(=O)[C@H](CCCNC(N)=O)CC(=O)[C@@H](NC(=O)CCCCCCC(=O)/C=C\C(=O)OC)C(C)C)cc1)C(C)C. The van der Waals surface area contributed by atoms with Crippen LogP contribution in [-0.2, 0) is 68.7 Å². The Morgan fingerprint density at radius 3 is 1.94 bits per heavy atom. The number of esters is 1. The number of unbranched alkanes of at least 4 members (excludes halogenated alkanes) is 3. The number of methoxy groups -OCH3 is 3. The second-order valence-corrected chi connectivity index (χ2v) is 26.6. The molecule has 8 amide bonds. The van der Waals surface area contributed by atoms with Gasteiger partial charge >= 0.3 is 18.1 Å². The number of carbonyl (C=O) groups is 11. The predicted octanol–water partition coefficient (Wildman–Crippen LogP) is 8.41. The van der Waals surface area contributed by atoms with E-state index in [4.69, 9.17) is 19.9 Å². The van der Waals surface area contributed by atoms with E-state index in [1.54, 1.807) is 80.9 Å². The van der Waals surface area contributed by atoms with Crippen LogP contribution in [0.3, 0.4) is 0 Å². The number of hydrogen-bond acceptors (Lipinski definition) is 16. The Hall–Kier alpha value is -7.57. The normalized spacial score (nSPS) is 16.6. The zero-order valence-corrected chi connectivity index (χ0v) is 59.5. The number of Topliss-reactive ketones (excluding diaryl/α,β-unsaturated/α-hetero) is 2. The first kappa shape index (κ1) is 82.7. The summed E-state index contributed by atoms with van der Waals surface area (Å²) in [5.74, 6) is -6.61. The molecule has 1 saturated heterocycles. The van der Waals surface area contributed by atoms with Gasteiger partial charge in [0.05, 0.1) is 68.0 Å². The van der Waals surface area contributed by atoms with Crippen molar-refractivity contribution in [3.05, 3.63) is 77.9 Å². The number of aliphatic hydroxyl groups is 1. The molecular weight excluding hydrogens is 1230 g/mol. The average molecular weight is 1350 g/mol. The molecule has 24 nitrogen and oxygen atoms in total. The van der Waals surface area contributed by atoms with Crippen LogP contribution in [0.2, 0.25) is 0 Å². The van der Waals surface area contributed by atoms with Crippen LogP contribution in [-0.4, -0.2) is 176 Å². The lowest BCUT2D eigenvalue weighted by Gasteiger charge is -2.41.